The topological polar surface area (TPSA) is 51.1 Å². The van der Waals surface area contributed by atoms with Gasteiger partial charge in [-0.05, 0) is 11.6 Å². The Hall–Kier alpha value is -2.38. The first-order valence-corrected chi connectivity index (χ1v) is 5.98. The van der Waals surface area contributed by atoms with Gasteiger partial charge in [-0.25, -0.2) is 9.97 Å². The predicted octanol–water partition coefficient (Wildman–Crippen LogP) is 2.54. The molecule has 2 aromatic rings. The van der Waals surface area contributed by atoms with Crippen LogP contribution in [-0.2, 0) is 12.7 Å². The molecular formula is C13H13F3N4O. The highest BCUT2D eigenvalue weighted by Gasteiger charge is 2.33. The Morgan fingerprint density at radius 3 is 2.62 bits per heavy atom. The van der Waals surface area contributed by atoms with Crippen LogP contribution < -0.4 is 9.64 Å². The highest BCUT2D eigenvalue weighted by molar-refractivity contribution is 5.40. The molecule has 0 aliphatic carbocycles. The Kier molecular flexibility index (Phi) is 4.25. The van der Waals surface area contributed by atoms with Crippen molar-refractivity contribution in [1.29, 1.82) is 0 Å². The van der Waals surface area contributed by atoms with Crippen molar-refractivity contribution in [3.63, 3.8) is 0 Å². The van der Waals surface area contributed by atoms with Crippen molar-refractivity contribution < 1.29 is 17.9 Å². The molecule has 2 aromatic heterocycles. The largest absolute Gasteiger partial charge is 0.495 e. The average molecular weight is 298 g/mol. The standard InChI is InChI=1S/C13H13F3N4O/c1-20(7-9-3-10(21-2)6-17-5-9)12-4-11(13(14,15)16)18-8-19-12/h3-6,8H,7H2,1-2H3. The first-order valence-electron chi connectivity index (χ1n) is 5.98. The highest BCUT2D eigenvalue weighted by atomic mass is 19.4. The quantitative estimate of drug-likeness (QED) is 0.868. The fourth-order valence-electron chi connectivity index (χ4n) is 1.73. The van der Waals surface area contributed by atoms with Crippen molar-refractivity contribution in [3.05, 3.63) is 42.1 Å². The van der Waals surface area contributed by atoms with Gasteiger partial charge in [-0.15, -0.1) is 0 Å². The second kappa shape index (κ2) is 5.94. The van der Waals surface area contributed by atoms with E-state index in [1.54, 1.807) is 30.4 Å². The summed E-state index contributed by atoms with van der Waals surface area (Å²) in [5.74, 6) is 0.764. The number of alkyl halides is 3. The number of pyridine rings is 1. The first kappa shape index (κ1) is 15.0. The lowest BCUT2D eigenvalue weighted by Crippen LogP contribution is -2.19. The molecule has 0 aliphatic heterocycles. The Morgan fingerprint density at radius 1 is 1.19 bits per heavy atom. The summed E-state index contributed by atoms with van der Waals surface area (Å²) in [4.78, 5) is 12.7. The average Bonchev–Trinajstić information content (AvgIpc) is 2.46. The van der Waals surface area contributed by atoms with Crippen LogP contribution in [0.1, 0.15) is 11.3 Å². The fraction of sp³-hybridized carbons (Fsp3) is 0.308. The lowest BCUT2D eigenvalue weighted by atomic mass is 10.2. The second-order valence-electron chi connectivity index (χ2n) is 4.35. The van der Waals surface area contributed by atoms with E-state index in [-0.39, 0.29) is 5.82 Å². The van der Waals surface area contributed by atoms with Gasteiger partial charge in [0.05, 0.1) is 13.3 Å². The summed E-state index contributed by atoms with van der Waals surface area (Å²) in [6.45, 7) is 0.346. The summed E-state index contributed by atoms with van der Waals surface area (Å²) in [6, 6.07) is 2.67. The zero-order valence-electron chi connectivity index (χ0n) is 11.4. The molecule has 0 saturated heterocycles. The molecule has 0 fully saturated rings. The highest BCUT2D eigenvalue weighted by Crippen LogP contribution is 2.29. The Balaban J connectivity index is 2.18. The lowest BCUT2D eigenvalue weighted by Gasteiger charge is -2.19. The number of anilines is 1. The van der Waals surface area contributed by atoms with Crippen molar-refractivity contribution in [2.45, 2.75) is 12.7 Å². The van der Waals surface area contributed by atoms with E-state index in [2.05, 4.69) is 15.0 Å². The number of nitrogens with zero attached hydrogens (tertiary/aromatic N) is 4. The van der Waals surface area contributed by atoms with Crippen molar-refractivity contribution in [3.8, 4) is 5.75 Å². The summed E-state index contributed by atoms with van der Waals surface area (Å²) >= 11 is 0. The number of hydrogen-bond acceptors (Lipinski definition) is 5. The maximum atomic E-state index is 12.6. The van der Waals surface area contributed by atoms with E-state index in [4.69, 9.17) is 4.74 Å². The number of hydrogen-bond donors (Lipinski definition) is 0. The molecule has 0 atom stereocenters. The molecule has 21 heavy (non-hydrogen) atoms. The van der Waals surface area contributed by atoms with Gasteiger partial charge in [0.25, 0.3) is 0 Å². The molecule has 0 saturated carbocycles. The van der Waals surface area contributed by atoms with E-state index in [9.17, 15) is 13.2 Å². The van der Waals surface area contributed by atoms with Gasteiger partial charge in [0.1, 0.15) is 23.6 Å². The smallest absolute Gasteiger partial charge is 0.433 e. The minimum atomic E-state index is -4.49. The minimum Gasteiger partial charge on any atom is -0.495 e. The zero-order chi connectivity index (χ0) is 15.5. The molecule has 0 amide bonds. The predicted molar refractivity (Wildman–Crippen MR) is 69.9 cm³/mol. The van der Waals surface area contributed by atoms with Crippen LogP contribution in [0.25, 0.3) is 0 Å². The molecule has 2 heterocycles. The van der Waals surface area contributed by atoms with Crippen LogP contribution in [-0.4, -0.2) is 29.1 Å². The van der Waals surface area contributed by atoms with Crippen LogP contribution >= 0.6 is 0 Å². The molecule has 2 rings (SSSR count). The van der Waals surface area contributed by atoms with Crippen molar-refractivity contribution in [2.24, 2.45) is 0 Å². The third kappa shape index (κ3) is 3.80. The van der Waals surface area contributed by atoms with Gasteiger partial charge in [0.15, 0.2) is 0 Å². The summed E-state index contributed by atoms with van der Waals surface area (Å²) in [6.07, 6.45) is -0.421. The van der Waals surface area contributed by atoms with E-state index < -0.39 is 11.9 Å². The Bertz CT molecular complexity index is 618. The monoisotopic (exact) mass is 298 g/mol. The lowest BCUT2D eigenvalue weighted by molar-refractivity contribution is -0.141. The summed E-state index contributed by atoms with van der Waals surface area (Å²) in [7, 11) is 3.16. The van der Waals surface area contributed by atoms with Gasteiger partial charge in [-0.1, -0.05) is 0 Å². The molecular weight excluding hydrogens is 285 g/mol. The normalized spacial score (nSPS) is 11.3. The summed E-state index contributed by atoms with van der Waals surface area (Å²) in [5.41, 5.74) is -0.174. The van der Waals surface area contributed by atoms with Crippen LogP contribution in [0.4, 0.5) is 19.0 Å². The SMILES string of the molecule is COc1cncc(CN(C)c2cc(C(F)(F)F)ncn2)c1. The Morgan fingerprint density at radius 2 is 1.95 bits per heavy atom. The van der Waals surface area contributed by atoms with Crippen molar-refractivity contribution in [2.75, 3.05) is 19.1 Å². The molecule has 0 N–H and O–H groups in total. The number of rotatable bonds is 4. The van der Waals surface area contributed by atoms with E-state index >= 15 is 0 Å². The maximum absolute atomic E-state index is 12.6. The maximum Gasteiger partial charge on any atom is 0.433 e. The molecule has 5 nitrogen and oxygen atoms in total. The number of methoxy groups -OCH3 is 1. The minimum absolute atomic E-state index is 0.181. The molecule has 0 radical (unpaired) electrons. The zero-order valence-corrected chi connectivity index (χ0v) is 11.4. The third-order valence-electron chi connectivity index (χ3n) is 2.76. The van der Waals surface area contributed by atoms with Crippen molar-refractivity contribution in [1.82, 2.24) is 15.0 Å². The van der Waals surface area contributed by atoms with Crippen LogP contribution in [0.2, 0.25) is 0 Å². The van der Waals surface area contributed by atoms with Gasteiger partial charge in [0.2, 0.25) is 0 Å². The Labute approximate surface area is 119 Å². The number of aromatic nitrogens is 3. The van der Waals surface area contributed by atoms with Crippen LogP contribution in [0.15, 0.2) is 30.9 Å². The van der Waals surface area contributed by atoms with Crippen LogP contribution in [0, 0.1) is 0 Å². The van der Waals surface area contributed by atoms with E-state index in [0.717, 1.165) is 18.0 Å². The van der Waals surface area contributed by atoms with Gasteiger partial charge in [-0.3, -0.25) is 4.98 Å². The fourth-order valence-corrected chi connectivity index (χ4v) is 1.73. The molecule has 112 valence electrons. The van der Waals surface area contributed by atoms with Gasteiger partial charge < -0.3 is 9.64 Å². The first-order chi connectivity index (χ1) is 9.90. The number of ether oxygens (including phenoxy) is 1. The summed E-state index contributed by atoms with van der Waals surface area (Å²) in [5, 5.41) is 0. The number of halogens is 3. The molecule has 0 bridgehead atoms. The van der Waals surface area contributed by atoms with Crippen LogP contribution in [0.5, 0.6) is 5.75 Å². The van der Waals surface area contributed by atoms with E-state index in [1.807, 2.05) is 0 Å². The summed E-state index contributed by atoms with van der Waals surface area (Å²) < 4.78 is 42.9. The molecule has 0 spiro atoms. The molecule has 8 heteroatoms. The molecule has 0 unspecified atom stereocenters. The van der Waals surface area contributed by atoms with Crippen molar-refractivity contribution >= 4 is 5.82 Å². The third-order valence-corrected chi connectivity index (χ3v) is 2.76. The van der Waals surface area contributed by atoms with E-state index in [1.165, 1.54) is 7.11 Å². The van der Waals surface area contributed by atoms with Gasteiger partial charge >= 0.3 is 6.18 Å². The van der Waals surface area contributed by atoms with Gasteiger partial charge in [0, 0.05) is 25.9 Å². The van der Waals surface area contributed by atoms with Crippen LogP contribution in [0.3, 0.4) is 0 Å². The van der Waals surface area contributed by atoms with E-state index in [0.29, 0.717) is 12.3 Å². The molecule has 0 aliphatic rings. The van der Waals surface area contributed by atoms with Gasteiger partial charge in [-0.2, -0.15) is 13.2 Å². The molecule has 0 aromatic carbocycles. The second-order valence-corrected chi connectivity index (χ2v) is 4.35.